The van der Waals surface area contributed by atoms with Gasteiger partial charge in [-0.1, -0.05) is 13.8 Å². The van der Waals surface area contributed by atoms with Crippen LogP contribution in [0.3, 0.4) is 0 Å². The number of carbonyl (C=O) groups excluding carboxylic acids is 1. The van der Waals surface area contributed by atoms with Crippen LogP contribution in [-0.2, 0) is 9.53 Å². The lowest BCUT2D eigenvalue weighted by atomic mass is 9.85. The Morgan fingerprint density at radius 1 is 1.31 bits per heavy atom. The second-order valence-electron chi connectivity index (χ2n) is 5.94. The summed E-state index contributed by atoms with van der Waals surface area (Å²) in [5.41, 5.74) is 0.354. The van der Waals surface area contributed by atoms with Crippen LogP contribution in [0, 0.1) is 5.41 Å². The third-order valence-corrected chi connectivity index (χ3v) is 3.80. The van der Waals surface area contributed by atoms with Crippen molar-refractivity contribution in [1.82, 2.24) is 4.90 Å². The van der Waals surface area contributed by atoms with Gasteiger partial charge in [0.1, 0.15) is 0 Å². The Morgan fingerprint density at radius 3 is 2.31 bits per heavy atom. The maximum Gasteiger partial charge on any atom is 0.307 e. The van der Waals surface area contributed by atoms with Gasteiger partial charge in [-0.3, -0.25) is 4.79 Å². The van der Waals surface area contributed by atoms with Gasteiger partial charge in [0.05, 0.1) is 13.0 Å². The Kier molecular flexibility index (Phi) is 4.00. The van der Waals surface area contributed by atoms with E-state index in [0.29, 0.717) is 18.4 Å². The van der Waals surface area contributed by atoms with Crippen molar-refractivity contribution >= 4 is 5.97 Å². The van der Waals surface area contributed by atoms with Gasteiger partial charge < -0.3 is 9.64 Å². The Hall–Kier alpha value is -0.570. The first kappa shape index (κ1) is 13.5. The lowest BCUT2D eigenvalue weighted by Gasteiger charge is -2.36. The number of esters is 1. The zero-order valence-corrected chi connectivity index (χ0v) is 11.3. The SMILES string of the molecule is CCOC(=O)CC1(N(C)C)CCC(C)(C)C1. The minimum Gasteiger partial charge on any atom is -0.466 e. The molecule has 0 heterocycles. The van der Waals surface area contributed by atoms with Crippen LogP contribution in [0.2, 0.25) is 0 Å². The molecule has 1 fully saturated rings. The van der Waals surface area contributed by atoms with E-state index >= 15 is 0 Å². The van der Waals surface area contributed by atoms with Crippen LogP contribution in [0.25, 0.3) is 0 Å². The summed E-state index contributed by atoms with van der Waals surface area (Å²) in [5.74, 6) is -0.0612. The van der Waals surface area contributed by atoms with E-state index in [2.05, 4.69) is 32.8 Å². The molecule has 0 aliphatic heterocycles. The molecule has 1 aliphatic rings. The second kappa shape index (κ2) is 4.74. The van der Waals surface area contributed by atoms with Gasteiger partial charge in [-0.15, -0.1) is 0 Å². The molecule has 0 aromatic rings. The van der Waals surface area contributed by atoms with Crippen molar-refractivity contribution in [2.24, 2.45) is 5.41 Å². The van der Waals surface area contributed by atoms with Crippen molar-refractivity contribution in [2.45, 2.75) is 52.0 Å². The highest BCUT2D eigenvalue weighted by atomic mass is 16.5. The van der Waals surface area contributed by atoms with E-state index in [-0.39, 0.29) is 11.5 Å². The standard InChI is InChI=1S/C13H25NO2/c1-6-16-11(15)9-13(14(4)5)8-7-12(2,3)10-13/h6-10H2,1-5H3. The Balaban J connectivity index is 2.72. The third-order valence-electron chi connectivity index (χ3n) is 3.80. The van der Waals surface area contributed by atoms with Gasteiger partial charge in [0, 0.05) is 5.54 Å². The van der Waals surface area contributed by atoms with Crippen LogP contribution in [0.4, 0.5) is 0 Å². The molecule has 1 rings (SSSR count). The molecule has 3 heteroatoms. The molecule has 0 amide bonds. The molecule has 0 N–H and O–H groups in total. The highest BCUT2D eigenvalue weighted by Crippen LogP contribution is 2.47. The summed E-state index contributed by atoms with van der Waals surface area (Å²) in [6.45, 7) is 6.90. The Morgan fingerprint density at radius 2 is 1.94 bits per heavy atom. The van der Waals surface area contributed by atoms with Gasteiger partial charge in [-0.25, -0.2) is 0 Å². The fourth-order valence-corrected chi connectivity index (χ4v) is 2.81. The molecule has 0 aromatic heterocycles. The molecule has 0 spiro atoms. The molecule has 3 nitrogen and oxygen atoms in total. The minimum atomic E-state index is -0.0612. The molecule has 94 valence electrons. The van der Waals surface area contributed by atoms with E-state index < -0.39 is 0 Å². The summed E-state index contributed by atoms with van der Waals surface area (Å²) in [6, 6.07) is 0. The maximum absolute atomic E-state index is 11.7. The number of rotatable bonds is 4. The molecule has 1 atom stereocenters. The van der Waals surface area contributed by atoms with E-state index in [4.69, 9.17) is 4.74 Å². The quantitative estimate of drug-likeness (QED) is 0.691. The van der Waals surface area contributed by atoms with E-state index in [1.807, 2.05) is 6.92 Å². The molecule has 0 radical (unpaired) electrons. The van der Waals surface area contributed by atoms with Gasteiger partial charge in [-0.05, 0) is 45.7 Å². The van der Waals surface area contributed by atoms with Crippen molar-refractivity contribution < 1.29 is 9.53 Å². The predicted molar refractivity (Wildman–Crippen MR) is 65.3 cm³/mol. The van der Waals surface area contributed by atoms with Crippen LogP contribution in [0.5, 0.6) is 0 Å². The van der Waals surface area contributed by atoms with E-state index in [9.17, 15) is 4.79 Å². The summed E-state index contributed by atoms with van der Waals surface area (Å²) >= 11 is 0. The first-order valence-corrected chi connectivity index (χ1v) is 6.14. The van der Waals surface area contributed by atoms with Crippen molar-refractivity contribution in [3.8, 4) is 0 Å². The first-order valence-electron chi connectivity index (χ1n) is 6.14. The van der Waals surface area contributed by atoms with Crippen molar-refractivity contribution in [3.05, 3.63) is 0 Å². The van der Waals surface area contributed by atoms with Crippen LogP contribution in [0.15, 0.2) is 0 Å². The Labute approximate surface area is 99.1 Å². The third kappa shape index (κ3) is 2.97. The molecule has 16 heavy (non-hydrogen) atoms. The van der Waals surface area contributed by atoms with Gasteiger partial charge in [0.15, 0.2) is 0 Å². The highest BCUT2D eigenvalue weighted by Gasteiger charge is 2.46. The Bertz CT molecular complexity index is 261. The fraction of sp³-hybridized carbons (Fsp3) is 0.923. The van der Waals surface area contributed by atoms with Gasteiger partial charge in [-0.2, -0.15) is 0 Å². The molecule has 0 aromatic carbocycles. The molecule has 1 saturated carbocycles. The molecule has 1 unspecified atom stereocenters. The number of ether oxygens (including phenoxy) is 1. The predicted octanol–water partition coefficient (Wildman–Crippen LogP) is 2.45. The smallest absolute Gasteiger partial charge is 0.307 e. The van der Waals surface area contributed by atoms with Crippen LogP contribution < -0.4 is 0 Å². The van der Waals surface area contributed by atoms with Gasteiger partial charge >= 0.3 is 5.97 Å². The molecular weight excluding hydrogens is 202 g/mol. The summed E-state index contributed by atoms with van der Waals surface area (Å²) in [5, 5.41) is 0. The van der Waals surface area contributed by atoms with Crippen LogP contribution in [0.1, 0.15) is 46.5 Å². The minimum absolute atomic E-state index is 0.00968. The lowest BCUT2D eigenvalue weighted by Crippen LogP contribution is -2.44. The molecule has 0 saturated heterocycles. The van der Waals surface area contributed by atoms with E-state index in [1.54, 1.807) is 0 Å². The van der Waals surface area contributed by atoms with Crippen molar-refractivity contribution in [1.29, 1.82) is 0 Å². The van der Waals surface area contributed by atoms with Crippen molar-refractivity contribution in [2.75, 3.05) is 20.7 Å². The van der Waals surface area contributed by atoms with Crippen LogP contribution >= 0.6 is 0 Å². The summed E-state index contributed by atoms with van der Waals surface area (Å²) in [7, 11) is 4.14. The zero-order valence-electron chi connectivity index (χ0n) is 11.3. The topological polar surface area (TPSA) is 29.5 Å². The largest absolute Gasteiger partial charge is 0.466 e. The second-order valence-corrected chi connectivity index (χ2v) is 5.94. The van der Waals surface area contributed by atoms with Gasteiger partial charge in [0.2, 0.25) is 0 Å². The van der Waals surface area contributed by atoms with Gasteiger partial charge in [0.25, 0.3) is 0 Å². The average molecular weight is 227 g/mol. The highest BCUT2D eigenvalue weighted by molar-refractivity contribution is 5.71. The summed E-state index contributed by atoms with van der Waals surface area (Å²) in [4.78, 5) is 13.9. The molecule has 1 aliphatic carbocycles. The zero-order chi connectivity index (χ0) is 12.4. The van der Waals surface area contributed by atoms with Crippen LogP contribution in [-0.4, -0.2) is 37.1 Å². The number of nitrogens with zero attached hydrogens (tertiary/aromatic N) is 1. The summed E-state index contributed by atoms with van der Waals surface area (Å²) in [6.07, 6.45) is 3.87. The van der Waals surface area contributed by atoms with E-state index in [1.165, 1.54) is 6.42 Å². The number of hydrogen-bond donors (Lipinski definition) is 0. The number of hydrogen-bond acceptors (Lipinski definition) is 3. The average Bonchev–Trinajstić information content (AvgIpc) is 2.43. The number of carbonyl (C=O) groups is 1. The fourth-order valence-electron chi connectivity index (χ4n) is 2.81. The van der Waals surface area contributed by atoms with E-state index in [0.717, 1.165) is 12.8 Å². The first-order chi connectivity index (χ1) is 7.31. The monoisotopic (exact) mass is 227 g/mol. The normalized spacial score (nSPS) is 28.4. The lowest BCUT2D eigenvalue weighted by molar-refractivity contribution is -0.146. The summed E-state index contributed by atoms with van der Waals surface area (Å²) < 4.78 is 5.08. The molecule has 0 bridgehead atoms. The maximum atomic E-state index is 11.7. The molecular formula is C13H25NO2. The van der Waals surface area contributed by atoms with Crippen molar-refractivity contribution in [3.63, 3.8) is 0 Å².